The number of hydrogen-bond donors (Lipinski definition) is 2. The minimum atomic E-state index is -0.452. The molecule has 2 rings (SSSR count). The maximum atomic E-state index is 11.6. The quantitative estimate of drug-likeness (QED) is 0.815. The number of aromatic nitrogens is 1. The Kier molecular flexibility index (Phi) is 4.79. The molecule has 0 radical (unpaired) electrons. The third-order valence-corrected chi connectivity index (χ3v) is 3.69. The molecule has 6 nitrogen and oxygen atoms in total. The highest BCUT2D eigenvalue weighted by Crippen LogP contribution is 2.22. The van der Waals surface area contributed by atoms with Crippen molar-refractivity contribution in [3.05, 3.63) is 17.8 Å². The van der Waals surface area contributed by atoms with Crippen LogP contribution in [0.15, 0.2) is 12.3 Å². The van der Waals surface area contributed by atoms with Gasteiger partial charge in [-0.25, -0.2) is 9.78 Å². The van der Waals surface area contributed by atoms with E-state index in [0.717, 1.165) is 26.1 Å². The van der Waals surface area contributed by atoms with Crippen LogP contribution in [0.1, 0.15) is 30.1 Å². The lowest BCUT2D eigenvalue weighted by Crippen LogP contribution is -2.31. The molecule has 3 N–H and O–H groups in total. The van der Waals surface area contributed by atoms with Gasteiger partial charge >= 0.3 is 5.97 Å². The first-order chi connectivity index (χ1) is 9.61. The molecule has 0 aliphatic carbocycles. The SMILES string of the molecule is COC(=O)c1cc(NC(C)C2CCOCC2)ncc1N. The summed E-state index contributed by atoms with van der Waals surface area (Å²) in [6.07, 6.45) is 3.55. The second-order valence-corrected chi connectivity index (χ2v) is 5.03. The lowest BCUT2D eigenvalue weighted by molar-refractivity contribution is 0.0602. The summed E-state index contributed by atoms with van der Waals surface area (Å²) in [7, 11) is 1.33. The average Bonchev–Trinajstić information content (AvgIpc) is 2.49. The second kappa shape index (κ2) is 6.56. The van der Waals surface area contributed by atoms with Crippen molar-refractivity contribution < 1.29 is 14.3 Å². The molecule has 1 aromatic rings. The van der Waals surface area contributed by atoms with E-state index in [0.29, 0.717) is 23.0 Å². The van der Waals surface area contributed by atoms with Gasteiger partial charge in [0.25, 0.3) is 0 Å². The second-order valence-electron chi connectivity index (χ2n) is 5.03. The van der Waals surface area contributed by atoms with E-state index in [1.807, 2.05) is 0 Å². The first-order valence-corrected chi connectivity index (χ1v) is 6.80. The Morgan fingerprint density at radius 2 is 2.25 bits per heavy atom. The summed E-state index contributed by atoms with van der Waals surface area (Å²) in [6, 6.07) is 1.90. The fraction of sp³-hybridized carbons (Fsp3) is 0.571. The van der Waals surface area contributed by atoms with Crippen LogP contribution in [0.4, 0.5) is 11.5 Å². The Labute approximate surface area is 118 Å². The molecule has 1 aromatic heterocycles. The van der Waals surface area contributed by atoms with Gasteiger partial charge in [0.1, 0.15) is 5.82 Å². The fourth-order valence-corrected chi connectivity index (χ4v) is 2.40. The first-order valence-electron chi connectivity index (χ1n) is 6.80. The van der Waals surface area contributed by atoms with Crippen LogP contribution in [0, 0.1) is 5.92 Å². The van der Waals surface area contributed by atoms with Gasteiger partial charge in [0.05, 0.1) is 24.6 Å². The molecule has 0 amide bonds. The normalized spacial score (nSPS) is 17.5. The van der Waals surface area contributed by atoms with Gasteiger partial charge in [0, 0.05) is 19.3 Å². The summed E-state index contributed by atoms with van der Waals surface area (Å²) >= 11 is 0. The van der Waals surface area contributed by atoms with Crippen LogP contribution in [0.2, 0.25) is 0 Å². The van der Waals surface area contributed by atoms with Crippen molar-refractivity contribution in [2.24, 2.45) is 5.92 Å². The molecule has 1 fully saturated rings. The van der Waals surface area contributed by atoms with E-state index in [2.05, 4.69) is 17.2 Å². The van der Waals surface area contributed by atoms with Crippen LogP contribution in [0.5, 0.6) is 0 Å². The third kappa shape index (κ3) is 3.39. The first kappa shape index (κ1) is 14.6. The monoisotopic (exact) mass is 279 g/mol. The lowest BCUT2D eigenvalue weighted by Gasteiger charge is -2.28. The lowest BCUT2D eigenvalue weighted by atomic mass is 9.93. The molecule has 1 aliphatic heterocycles. The molecule has 0 spiro atoms. The number of rotatable bonds is 4. The van der Waals surface area contributed by atoms with E-state index >= 15 is 0 Å². The number of nitrogens with two attached hydrogens (primary N) is 1. The number of nitrogens with one attached hydrogen (secondary N) is 1. The minimum absolute atomic E-state index is 0.264. The Hall–Kier alpha value is -1.82. The van der Waals surface area contributed by atoms with E-state index in [1.165, 1.54) is 13.3 Å². The van der Waals surface area contributed by atoms with Gasteiger partial charge < -0.3 is 20.5 Å². The van der Waals surface area contributed by atoms with E-state index in [-0.39, 0.29) is 6.04 Å². The van der Waals surface area contributed by atoms with Crippen molar-refractivity contribution >= 4 is 17.5 Å². The zero-order valence-corrected chi connectivity index (χ0v) is 11.9. The molecule has 20 heavy (non-hydrogen) atoms. The number of carbonyl (C=O) groups excluding carboxylic acids is 1. The molecule has 0 aromatic carbocycles. The van der Waals surface area contributed by atoms with Gasteiger partial charge in [-0.15, -0.1) is 0 Å². The van der Waals surface area contributed by atoms with E-state index in [1.54, 1.807) is 6.07 Å². The van der Waals surface area contributed by atoms with E-state index < -0.39 is 5.97 Å². The summed E-state index contributed by atoms with van der Waals surface area (Å²) in [5, 5.41) is 3.33. The summed E-state index contributed by atoms with van der Waals surface area (Å²) in [5.74, 6) is 0.731. The highest BCUT2D eigenvalue weighted by atomic mass is 16.5. The smallest absolute Gasteiger partial charge is 0.340 e. The maximum absolute atomic E-state index is 11.6. The molecule has 2 heterocycles. The van der Waals surface area contributed by atoms with Crippen LogP contribution in [0.25, 0.3) is 0 Å². The number of carbonyl (C=O) groups is 1. The number of nitrogens with zero attached hydrogens (tertiary/aromatic N) is 1. The average molecular weight is 279 g/mol. The molecule has 0 bridgehead atoms. The highest BCUT2D eigenvalue weighted by molar-refractivity contribution is 5.95. The van der Waals surface area contributed by atoms with Gasteiger partial charge in [-0.2, -0.15) is 0 Å². The Morgan fingerprint density at radius 3 is 2.90 bits per heavy atom. The zero-order chi connectivity index (χ0) is 14.5. The predicted octanol–water partition coefficient (Wildman–Crippen LogP) is 1.68. The zero-order valence-electron chi connectivity index (χ0n) is 11.9. The summed E-state index contributed by atoms with van der Waals surface area (Å²) < 4.78 is 10.1. The largest absolute Gasteiger partial charge is 0.465 e. The van der Waals surface area contributed by atoms with Gasteiger partial charge in [0.2, 0.25) is 0 Å². The predicted molar refractivity (Wildman–Crippen MR) is 76.6 cm³/mol. The van der Waals surface area contributed by atoms with Crippen LogP contribution >= 0.6 is 0 Å². The van der Waals surface area contributed by atoms with Gasteiger partial charge in [-0.05, 0) is 31.7 Å². The van der Waals surface area contributed by atoms with Crippen molar-refractivity contribution in [2.45, 2.75) is 25.8 Å². The molecular formula is C14H21N3O3. The number of methoxy groups -OCH3 is 1. The van der Waals surface area contributed by atoms with Crippen molar-refractivity contribution in [2.75, 3.05) is 31.4 Å². The van der Waals surface area contributed by atoms with Crippen LogP contribution < -0.4 is 11.1 Å². The van der Waals surface area contributed by atoms with Gasteiger partial charge in [-0.1, -0.05) is 0 Å². The summed E-state index contributed by atoms with van der Waals surface area (Å²) in [5.41, 5.74) is 6.39. The molecule has 1 unspecified atom stereocenters. The Bertz CT molecular complexity index is 473. The van der Waals surface area contributed by atoms with E-state index in [9.17, 15) is 4.79 Å². The number of nitrogen functional groups attached to an aromatic ring is 1. The van der Waals surface area contributed by atoms with Crippen molar-refractivity contribution in [1.29, 1.82) is 0 Å². The minimum Gasteiger partial charge on any atom is -0.465 e. The van der Waals surface area contributed by atoms with Crippen molar-refractivity contribution in [3.63, 3.8) is 0 Å². The Morgan fingerprint density at radius 1 is 1.55 bits per heavy atom. The summed E-state index contributed by atoms with van der Waals surface area (Å²) in [6.45, 7) is 3.73. The molecule has 1 saturated heterocycles. The molecule has 0 saturated carbocycles. The Balaban J connectivity index is 2.07. The van der Waals surface area contributed by atoms with Gasteiger partial charge in [-0.3, -0.25) is 0 Å². The molecule has 110 valence electrons. The number of ether oxygens (including phenoxy) is 2. The number of anilines is 2. The maximum Gasteiger partial charge on any atom is 0.340 e. The van der Waals surface area contributed by atoms with Crippen LogP contribution in [0.3, 0.4) is 0 Å². The molecular weight excluding hydrogens is 258 g/mol. The number of hydrogen-bond acceptors (Lipinski definition) is 6. The molecule has 6 heteroatoms. The highest BCUT2D eigenvalue weighted by Gasteiger charge is 2.21. The van der Waals surface area contributed by atoms with Gasteiger partial charge in [0.15, 0.2) is 0 Å². The molecule has 1 aliphatic rings. The van der Waals surface area contributed by atoms with Crippen LogP contribution in [-0.2, 0) is 9.47 Å². The standard InChI is InChI=1S/C14H21N3O3/c1-9(10-3-5-20-6-4-10)17-13-7-11(14(18)19-2)12(15)8-16-13/h7-10H,3-6,15H2,1-2H3,(H,16,17). The van der Waals surface area contributed by atoms with E-state index in [4.69, 9.17) is 15.2 Å². The van der Waals surface area contributed by atoms with Crippen LogP contribution in [-0.4, -0.2) is 37.3 Å². The number of pyridine rings is 1. The molecule has 1 atom stereocenters. The third-order valence-electron chi connectivity index (χ3n) is 3.69. The number of esters is 1. The van der Waals surface area contributed by atoms with Crippen molar-refractivity contribution in [3.8, 4) is 0 Å². The fourth-order valence-electron chi connectivity index (χ4n) is 2.40. The topological polar surface area (TPSA) is 86.5 Å². The van der Waals surface area contributed by atoms with Crippen molar-refractivity contribution in [1.82, 2.24) is 4.98 Å². The summed E-state index contributed by atoms with van der Waals surface area (Å²) in [4.78, 5) is 15.8.